The molecule has 1 heterocycles. The molecular formula is C15H21ClN2O2. The van der Waals surface area contributed by atoms with Crippen LogP contribution in [0.2, 0.25) is 5.02 Å². The minimum Gasteiger partial charge on any atom is -0.391 e. The number of hydrogen-bond donors (Lipinski definition) is 2. The normalized spacial score (nSPS) is 22.7. The zero-order valence-electron chi connectivity index (χ0n) is 11.9. The third-order valence-electron chi connectivity index (χ3n) is 3.79. The average molecular weight is 297 g/mol. The van der Waals surface area contributed by atoms with Crippen LogP contribution < -0.4 is 5.32 Å². The number of rotatable bonds is 3. The number of likely N-dealkylation sites (tertiary alicyclic amines) is 1. The lowest BCUT2D eigenvalue weighted by Crippen LogP contribution is -2.46. The number of halogens is 1. The Hall–Kier alpha value is -1.26. The first-order valence-electron chi connectivity index (χ1n) is 7.03. The van der Waals surface area contributed by atoms with E-state index in [-0.39, 0.29) is 11.8 Å². The van der Waals surface area contributed by atoms with E-state index in [1.54, 1.807) is 17.0 Å². The van der Waals surface area contributed by atoms with Gasteiger partial charge < -0.3 is 15.3 Å². The molecule has 1 aromatic rings. The molecule has 0 aromatic heterocycles. The number of carbonyl (C=O) groups is 1. The lowest BCUT2D eigenvalue weighted by molar-refractivity contribution is 0.0249. The summed E-state index contributed by atoms with van der Waals surface area (Å²) in [5.41, 5.74) is 1.36. The number of anilines is 1. The maximum absolute atomic E-state index is 12.6. The minimum absolute atomic E-state index is 0.0746. The fraction of sp³-hybridized carbons (Fsp3) is 0.533. The van der Waals surface area contributed by atoms with Gasteiger partial charge in [-0.1, -0.05) is 18.5 Å². The number of nitrogens with one attached hydrogen (secondary N) is 1. The van der Waals surface area contributed by atoms with Gasteiger partial charge in [-0.05, 0) is 37.5 Å². The quantitative estimate of drug-likeness (QED) is 0.901. The number of hydrogen-bond acceptors (Lipinski definition) is 3. The molecule has 1 amide bonds. The Labute approximate surface area is 124 Å². The van der Waals surface area contributed by atoms with Crippen LogP contribution in [0.1, 0.15) is 30.6 Å². The second-order valence-corrected chi connectivity index (χ2v) is 5.74. The molecule has 20 heavy (non-hydrogen) atoms. The van der Waals surface area contributed by atoms with E-state index in [0.29, 0.717) is 23.7 Å². The first-order valence-corrected chi connectivity index (χ1v) is 7.41. The minimum atomic E-state index is -0.450. The van der Waals surface area contributed by atoms with Crippen LogP contribution in [-0.2, 0) is 0 Å². The lowest BCUT2D eigenvalue weighted by Gasteiger charge is -2.34. The first-order chi connectivity index (χ1) is 9.52. The van der Waals surface area contributed by atoms with Crippen molar-refractivity contribution in [3.05, 3.63) is 28.8 Å². The number of β-amino-alcohol motifs (C(OH)–C–C–N with tert-alkyl or cyclic N) is 1. The summed E-state index contributed by atoms with van der Waals surface area (Å²) in [5, 5.41) is 13.7. The van der Waals surface area contributed by atoms with Crippen molar-refractivity contribution in [3.8, 4) is 0 Å². The molecule has 110 valence electrons. The Morgan fingerprint density at radius 1 is 1.55 bits per heavy atom. The van der Waals surface area contributed by atoms with Crippen LogP contribution >= 0.6 is 11.6 Å². The van der Waals surface area contributed by atoms with Crippen LogP contribution in [0.4, 0.5) is 5.69 Å². The van der Waals surface area contributed by atoms with Crippen molar-refractivity contribution in [1.29, 1.82) is 0 Å². The number of benzene rings is 1. The molecule has 0 bridgehead atoms. The summed E-state index contributed by atoms with van der Waals surface area (Å²) >= 11 is 6.00. The molecule has 1 saturated heterocycles. The van der Waals surface area contributed by atoms with Gasteiger partial charge in [0.2, 0.25) is 0 Å². The molecule has 0 saturated carbocycles. The van der Waals surface area contributed by atoms with E-state index in [4.69, 9.17) is 11.6 Å². The number of piperidine rings is 1. The van der Waals surface area contributed by atoms with E-state index >= 15 is 0 Å². The molecule has 0 aliphatic carbocycles. The predicted molar refractivity (Wildman–Crippen MR) is 81.3 cm³/mol. The van der Waals surface area contributed by atoms with Crippen LogP contribution in [-0.4, -0.2) is 41.7 Å². The molecule has 4 nitrogen and oxygen atoms in total. The van der Waals surface area contributed by atoms with Gasteiger partial charge in [0.1, 0.15) is 0 Å². The van der Waals surface area contributed by atoms with Crippen LogP contribution in [0.5, 0.6) is 0 Å². The van der Waals surface area contributed by atoms with Crippen molar-refractivity contribution >= 4 is 23.2 Å². The highest BCUT2D eigenvalue weighted by molar-refractivity contribution is 6.31. The molecule has 0 spiro atoms. The molecule has 1 fully saturated rings. The Bertz CT molecular complexity index is 493. The molecule has 2 N–H and O–H groups in total. The van der Waals surface area contributed by atoms with E-state index < -0.39 is 6.10 Å². The summed E-state index contributed by atoms with van der Waals surface area (Å²) in [6.07, 6.45) is 0.374. The number of aliphatic hydroxyl groups is 1. The Morgan fingerprint density at radius 2 is 2.30 bits per heavy atom. The van der Waals surface area contributed by atoms with Crippen molar-refractivity contribution in [2.24, 2.45) is 5.92 Å². The molecule has 0 radical (unpaired) electrons. The third kappa shape index (κ3) is 3.25. The second-order valence-electron chi connectivity index (χ2n) is 5.30. The summed E-state index contributed by atoms with van der Waals surface area (Å²) in [5.74, 6) is 0.168. The van der Waals surface area contributed by atoms with Gasteiger partial charge in [-0.25, -0.2) is 0 Å². The number of amides is 1. The van der Waals surface area contributed by atoms with E-state index in [1.165, 1.54) is 0 Å². The third-order valence-corrected chi connectivity index (χ3v) is 4.02. The summed E-state index contributed by atoms with van der Waals surface area (Å²) in [7, 11) is 0. The van der Waals surface area contributed by atoms with Crippen molar-refractivity contribution in [3.63, 3.8) is 0 Å². The maximum Gasteiger partial charge on any atom is 0.256 e. The van der Waals surface area contributed by atoms with E-state index in [9.17, 15) is 9.90 Å². The number of nitrogens with zero attached hydrogens (tertiary/aromatic N) is 1. The van der Waals surface area contributed by atoms with Crippen LogP contribution in [0.25, 0.3) is 0 Å². The highest BCUT2D eigenvalue weighted by atomic mass is 35.5. The Balaban J connectivity index is 2.22. The highest BCUT2D eigenvalue weighted by Gasteiger charge is 2.28. The number of carbonyl (C=O) groups excluding carboxylic acids is 1. The lowest BCUT2D eigenvalue weighted by atomic mass is 9.95. The molecular weight excluding hydrogens is 276 g/mol. The van der Waals surface area contributed by atoms with Gasteiger partial charge in [-0.3, -0.25) is 4.79 Å². The molecule has 2 unspecified atom stereocenters. The van der Waals surface area contributed by atoms with Gasteiger partial charge in [-0.15, -0.1) is 0 Å². The molecule has 1 aromatic carbocycles. The zero-order valence-corrected chi connectivity index (χ0v) is 12.7. The molecule has 5 heteroatoms. The van der Waals surface area contributed by atoms with E-state index in [2.05, 4.69) is 5.32 Å². The topological polar surface area (TPSA) is 52.6 Å². The maximum atomic E-state index is 12.6. The van der Waals surface area contributed by atoms with Crippen molar-refractivity contribution in [1.82, 2.24) is 4.90 Å². The monoisotopic (exact) mass is 296 g/mol. The largest absolute Gasteiger partial charge is 0.391 e. The van der Waals surface area contributed by atoms with Gasteiger partial charge in [0, 0.05) is 30.3 Å². The molecule has 1 aliphatic heterocycles. The van der Waals surface area contributed by atoms with Crippen molar-refractivity contribution in [2.45, 2.75) is 26.4 Å². The average Bonchev–Trinajstić information content (AvgIpc) is 2.43. The molecule has 1 aliphatic rings. The zero-order chi connectivity index (χ0) is 14.7. The van der Waals surface area contributed by atoms with E-state index in [0.717, 1.165) is 18.7 Å². The van der Waals surface area contributed by atoms with Gasteiger partial charge in [0.05, 0.1) is 11.7 Å². The Kier molecular flexibility index (Phi) is 4.89. The first kappa shape index (κ1) is 15.1. The van der Waals surface area contributed by atoms with E-state index in [1.807, 2.05) is 19.9 Å². The standard InChI is InChI=1S/C15H21ClN2O2/c1-3-17-13-5-4-11(16)8-12(13)15(20)18-7-6-10(2)14(19)9-18/h4-5,8,10,14,17,19H,3,6-7,9H2,1-2H3. The van der Waals surface area contributed by atoms with Crippen LogP contribution in [0, 0.1) is 5.92 Å². The molecule has 2 atom stereocenters. The summed E-state index contributed by atoms with van der Waals surface area (Å²) in [6.45, 7) is 5.79. The van der Waals surface area contributed by atoms with Gasteiger partial charge in [0.25, 0.3) is 5.91 Å². The fourth-order valence-corrected chi connectivity index (χ4v) is 2.61. The van der Waals surface area contributed by atoms with Crippen LogP contribution in [0.15, 0.2) is 18.2 Å². The summed E-state index contributed by atoms with van der Waals surface area (Å²) in [6, 6.07) is 5.28. The molecule has 2 rings (SSSR count). The summed E-state index contributed by atoms with van der Waals surface area (Å²) in [4.78, 5) is 14.3. The highest BCUT2D eigenvalue weighted by Crippen LogP contribution is 2.25. The van der Waals surface area contributed by atoms with Gasteiger partial charge >= 0.3 is 0 Å². The van der Waals surface area contributed by atoms with Crippen molar-refractivity contribution < 1.29 is 9.90 Å². The fourth-order valence-electron chi connectivity index (χ4n) is 2.44. The van der Waals surface area contributed by atoms with Gasteiger partial charge in [0.15, 0.2) is 0 Å². The smallest absolute Gasteiger partial charge is 0.256 e. The van der Waals surface area contributed by atoms with Crippen molar-refractivity contribution in [2.75, 3.05) is 25.0 Å². The second kappa shape index (κ2) is 6.46. The Morgan fingerprint density at radius 3 is 2.95 bits per heavy atom. The summed E-state index contributed by atoms with van der Waals surface area (Å²) < 4.78 is 0. The predicted octanol–water partition coefficient (Wildman–Crippen LogP) is 2.61. The van der Waals surface area contributed by atoms with Crippen LogP contribution in [0.3, 0.4) is 0 Å². The number of aliphatic hydroxyl groups excluding tert-OH is 1. The van der Waals surface area contributed by atoms with Gasteiger partial charge in [-0.2, -0.15) is 0 Å². The SMILES string of the molecule is CCNc1ccc(Cl)cc1C(=O)N1CCC(C)C(O)C1.